The molecule has 1 unspecified atom stereocenters. The van der Waals surface area contributed by atoms with Crippen LogP contribution in [0, 0.1) is 17.2 Å². The lowest BCUT2D eigenvalue weighted by molar-refractivity contribution is -0.135. The Labute approximate surface area is 167 Å². The SMILES string of the molecule is CCN1CCC(C#N)(NC(=O)[C@@H](OC(=O)N2CCOCC2)C2CCCCC2)C1. The first-order chi connectivity index (χ1) is 13.6. The summed E-state index contributed by atoms with van der Waals surface area (Å²) in [6.07, 6.45) is 4.27. The van der Waals surface area contributed by atoms with E-state index in [0.717, 1.165) is 45.2 Å². The van der Waals surface area contributed by atoms with Crippen LogP contribution < -0.4 is 5.32 Å². The number of nitriles is 1. The zero-order valence-electron chi connectivity index (χ0n) is 16.8. The van der Waals surface area contributed by atoms with Gasteiger partial charge in [0.05, 0.1) is 19.3 Å². The summed E-state index contributed by atoms with van der Waals surface area (Å²) in [6, 6.07) is 2.31. The van der Waals surface area contributed by atoms with Gasteiger partial charge in [-0.3, -0.25) is 4.79 Å². The van der Waals surface area contributed by atoms with E-state index < -0.39 is 17.7 Å². The molecule has 0 aromatic carbocycles. The van der Waals surface area contributed by atoms with Gasteiger partial charge in [-0.2, -0.15) is 5.26 Å². The number of morpholine rings is 1. The van der Waals surface area contributed by atoms with Gasteiger partial charge < -0.3 is 24.6 Å². The van der Waals surface area contributed by atoms with Crippen LogP contribution in [-0.2, 0) is 14.3 Å². The van der Waals surface area contributed by atoms with Gasteiger partial charge in [0.2, 0.25) is 0 Å². The third kappa shape index (κ3) is 4.95. The van der Waals surface area contributed by atoms with Crippen molar-refractivity contribution < 1.29 is 19.1 Å². The van der Waals surface area contributed by atoms with Gasteiger partial charge in [0.25, 0.3) is 5.91 Å². The van der Waals surface area contributed by atoms with Crippen molar-refractivity contribution in [2.24, 2.45) is 5.92 Å². The second-order valence-corrected chi connectivity index (χ2v) is 8.10. The fraction of sp³-hybridized carbons (Fsp3) is 0.850. The fourth-order valence-corrected chi connectivity index (χ4v) is 4.42. The minimum atomic E-state index is -0.897. The van der Waals surface area contributed by atoms with Crippen LogP contribution in [-0.4, -0.2) is 79.4 Å². The Morgan fingerprint density at radius 1 is 1.25 bits per heavy atom. The molecule has 156 valence electrons. The predicted octanol–water partition coefficient (Wildman–Crippen LogP) is 1.51. The zero-order chi connectivity index (χ0) is 20.0. The van der Waals surface area contributed by atoms with Crippen molar-refractivity contribution >= 4 is 12.0 Å². The predicted molar refractivity (Wildman–Crippen MR) is 102 cm³/mol. The third-order valence-electron chi connectivity index (χ3n) is 6.21. The molecule has 3 aliphatic rings. The van der Waals surface area contributed by atoms with Crippen LogP contribution in [0.3, 0.4) is 0 Å². The summed E-state index contributed by atoms with van der Waals surface area (Å²) in [7, 11) is 0. The maximum atomic E-state index is 13.2. The molecule has 1 saturated carbocycles. The van der Waals surface area contributed by atoms with Crippen LogP contribution >= 0.6 is 0 Å². The molecule has 0 bridgehead atoms. The van der Waals surface area contributed by atoms with Crippen LogP contribution in [0.25, 0.3) is 0 Å². The second kappa shape index (κ2) is 9.57. The Morgan fingerprint density at radius 2 is 1.96 bits per heavy atom. The highest BCUT2D eigenvalue weighted by atomic mass is 16.6. The summed E-state index contributed by atoms with van der Waals surface area (Å²) >= 11 is 0. The highest BCUT2D eigenvalue weighted by Gasteiger charge is 2.43. The number of carbonyl (C=O) groups excluding carboxylic acids is 2. The van der Waals surface area contributed by atoms with Gasteiger partial charge in [0.15, 0.2) is 6.10 Å². The Kier molecular flexibility index (Phi) is 7.13. The van der Waals surface area contributed by atoms with Gasteiger partial charge >= 0.3 is 6.09 Å². The number of rotatable bonds is 5. The first kappa shape index (κ1) is 20.9. The topological polar surface area (TPSA) is 94.9 Å². The molecule has 8 heteroatoms. The van der Waals surface area contributed by atoms with Gasteiger partial charge in [-0.05, 0) is 25.8 Å². The number of nitrogens with one attached hydrogen (secondary N) is 1. The van der Waals surface area contributed by atoms with Crippen molar-refractivity contribution in [3.05, 3.63) is 0 Å². The average Bonchev–Trinajstić information content (AvgIpc) is 3.16. The summed E-state index contributed by atoms with van der Waals surface area (Å²) < 4.78 is 11.0. The number of nitrogens with zero attached hydrogens (tertiary/aromatic N) is 3. The Hall–Kier alpha value is -1.85. The molecule has 2 saturated heterocycles. The number of hydrogen-bond donors (Lipinski definition) is 1. The summed E-state index contributed by atoms with van der Waals surface area (Å²) in [5.41, 5.74) is -0.897. The maximum absolute atomic E-state index is 13.2. The molecule has 8 nitrogen and oxygen atoms in total. The molecule has 3 fully saturated rings. The van der Waals surface area contributed by atoms with Gasteiger partial charge in [0, 0.05) is 32.1 Å². The Balaban J connectivity index is 1.69. The molecule has 28 heavy (non-hydrogen) atoms. The number of amides is 2. The lowest BCUT2D eigenvalue weighted by Gasteiger charge is -2.34. The zero-order valence-corrected chi connectivity index (χ0v) is 16.8. The van der Waals surface area contributed by atoms with E-state index in [1.165, 1.54) is 0 Å². The number of ether oxygens (including phenoxy) is 2. The van der Waals surface area contributed by atoms with E-state index >= 15 is 0 Å². The van der Waals surface area contributed by atoms with Crippen molar-refractivity contribution in [1.82, 2.24) is 15.1 Å². The third-order valence-corrected chi connectivity index (χ3v) is 6.21. The van der Waals surface area contributed by atoms with E-state index in [2.05, 4.69) is 16.3 Å². The van der Waals surface area contributed by atoms with Crippen LogP contribution in [0.5, 0.6) is 0 Å². The van der Waals surface area contributed by atoms with Crippen molar-refractivity contribution in [3.8, 4) is 6.07 Å². The van der Waals surface area contributed by atoms with Crippen molar-refractivity contribution in [1.29, 1.82) is 5.26 Å². The summed E-state index contributed by atoms with van der Waals surface area (Å²) in [5.74, 6) is -0.314. The summed E-state index contributed by atoms with van der Waals surface area (Å²) in [5, 5.41) is 12.7. The van der Waals surface area contributed by atoms with E-state index in [9.17, 15) is 14.9 Å². The molecule has 0 aromatic rings. The quantitative estimate of drug-likeness (QED) is 0.762. The van der Waals surface area contributed by atoms with Crippen LogP contribution in [0.2, 0.25) is 0 Å². The minimum absolute atomic E-state index is 0.0122. The summed E-state index contributed by atoms with van der Waals surface area (Å²) in [4.78, 5) is 29.6. The molecule has 2 amide bonds. The Bertz CT molecular complexity index is 596. The van der Waals surface area contributed by atoms with Crippen molar-refractivity contribution in [2.45, 2.75) is 57.1 Å². The molecule has 2 aliphatic heterocycles. The highest BCUT2D eigenvalue weighted by Crippen LogP contribution is 2.30. The highest BCUT2D eigenvalue weighted by molar-refractivity contribution is 5.85. The van der Waals surface area contributed by atoms with E-state index in [1.807, 2.05) is 6.92 Å². The minimum Gasteiger partial charge on any atom is -0.436 e. The largest absolute Gasteiger partial charge is 0.436 e. The average molecular weight is 393 g/mol. The second-order valence-electron chi connectivity index (χ2n) is 8.10. The fourth-order valence-electron chi connectivity index (χ4n) is 4.42. The van der Waals surface area contributed by atoms with Gasteiger partial charge in [-0.25, -0.2) is 4.79 Å². The molecular formula is C20H32N4O4. The van der Waals surface area contributed by atoms with Gasteiger partial charge in [-0.1, -0.05) is 26.2 Å². The molecule has 1 aliphatic carbocycles. The molecule has 0 radical (unpaired) electrons. The lowest BCUT2D eigenvalue weighted by Crippen LogP contribution is -2.55. The molecule has 0 aromatic heterocycles. The van der Waals surface area contributed by atoms with Gasteiger partial charge in [0.1, 0.15) is 5.54 Å². The van der Waals surface area contributed by atoms with Crippen LogP contribution in [0.4, 0.5) is 4.79 Å². The molecule has 3 rings (SSSR count). The molecule has 0 spiro atoms. The first-order valence-electron chi connectivity index (χ1n) is 10.6. The molecule has 2 atom stereocenters. The molecule has 2 heterocycles. The summed E-state index contributed by atoms with van der Waals surface area (Å²) in [6.45, 7) is 6.12. The number of likely N-dealkylation sites (N-methyl/N-ethyl adjacent to an activating group) is 1. The molecule has 1 N–H and O–H groups in total. The van der Waals surface area contributed by atoms with Crippen molar-refractivity contribution in [3.63, 3.8) is 0 Å². The Morgan fingerprint density at radius 3 is 2.57 bits per heavy atom. The number of carbonyl (C=O) groups is 2. The monoisotopic (exact) mass is 392 g/mol. The van der Waals surface area contributed by atoms with E-state index in [-0.39, 0.29) is 11.8 Å². The number of hydrogen-bond acceptors (Lipinski definition) is 6. The van der Waals surface area contributed by atoms with E-state index in [0.29, 0.717) is 39.3 Å². The van der Waals surface area contributed by atoms with Gasteiger partial charge in [-0.15, -0.1) is 0 Å². The first-order valence-corrected chi connectivity index (χ1v) is 10.6. The normalized spacial score (nSPS) is 27.8. The van der Waals surface area contributed by atoms with E-state index in [1.54, 1.807) is 4.90 Å². The van der Waals surface area contributed by atoms with E-state index in [4.69, 9.17) is 9.47 Å². The number of likely N-dealkylation sites (tertiary alicyclic amines) is 1. The standard InChI is InChI=1S/C20H32N4O4/c1-2-23-9-8-20(14-21,15-23)22-18(25)17(16-6-4-3-5-7-16)28-19(26)24-10-12-27-13-11-24/h16-17H,2-13,15H2,1H3,(H,22,25)/t17-,20?/m0/s1. The van der Waals surface area contributed by atoms with Crippen LogP contribution in [0.15, 0.2) is 0 Å². The smallest absolute Gasteiger partial charge is 0.410 e. The molecular weight excluding hydrogens is 360 g/mol. The lowest BCUT2D eigenvalue weighted by atomic mass is 9.84. The van der Waals surface area contributed by atoms with Crippen LogP contribution in [0.1, 0.15) is 45.4 Å². The van der Waals surface area contributed by atoms with Crippen molar-refractivity contribution in [2.75, 3.05) is 45.9 Å². The maximum Gasteiger partial charge on any atom is 0.410 e.